The number of nitrogens with zero attached hydrogens (tertiary/aromatic N) is 3. The van der Waals surface area contributed by atoms with E-state index in [-0.39, 0.29) is 0 Å². The number of nitrogen functional groups attached to an aromatic ring is 1. The third-order valence-electron chi connectivity index (χ3n) is 5.12. The minimum Gasteiger partial charge on any atom is -0.368 e. The molecular formula is C17H22N4. The van der Waals surface area contributed by atoms with Gasteiger partial charge in [0, 0.05) is 18.0 Å². The highest BCUT2D eigenvalue weighted by Gasteiger charge is 2.34. The number of rotatable bonds is 1. The van der Waals surface area contributed by atoms with E-state index in [1.807, 2.05) is 12.1 Å². The van der Waals surface area contributed by atoms with Gasteiger partial charge in [-0.3, -0.25) is 0 Å². The maximum Gasteiger partial charge on any atom is 0.222 e. The average Bonchev–Trinajstić information content (AvgIpc) is 2.53. The monoisotopic (exact) mass is 282 g/mol. The highest BCUT2D eigenvalue weighted by molar-refractivity contribution is 5.90. The molecule has 2 aromatic rings. The van der Waals surface area contributed by atoms with Crippen molar-refractivity contribution in [2.75, 3.05) is 17.2 Å². The van der Waals surface area contributed by atoms with E-state index in [1.54, 1.807) is 0 Å². The van der Waals surface area contributed by atoms with Crippen LogP contribution in [0.2, 0.25) is 0 Å². The fourth-order valence-corrected chi connectivity index (χ4v) is 4.18. The van der Waals surface area contributed by atoms with Gasteiger partial charge in [0.15, 0.2) is 0 Å². The van der Waals surface area contributed by atoms with Gasteiger partial charge in [-0.2, -0.15) is 4.98 Å². The lowest BCUT2D eigenvalue weighted by Crippen LogP contribution is -2.47. The molecule has 0 spiro atoms. The topological polar surface area (TPSA) is 55.0 Å². The SMILES string of the molecule is Nc1nc(N2CCCC3CCCCC32)c2ccccc2n1. The zero-order valence-corrected chi connectivity index (χ0v) is 12.3. The molecule has 1 aliphatic heterocycles. The van der Waals surface area contributed by atoms with Crippen molar-refractivity contribution in [3.8, 4) is 0 Å². The molecule has 2 atom stereocenters. The number of fused-ring (bicyclic) bond motifs is 2. The maximum absolute atomic E-state index is 5.95. The Kier molecular flexibility index (Phi) is 3.17. The number of aromatic nitrogens is 2. The van der Waals surface area contributed by atoms with Crippen molar-refractivity contribution >= 4 is 22.7 Å². The lowest BCUT2D eigenvalue weighted by atomic mass is 9.78. The van der Waals surface area contributed by atoms with Gasteiger partial charge in [-0.25, -0.2) is 4.98 Å². The van der Waals surface area contributed by atoms with E-state index < -0.39 is 0 Å². The molecule has 0 bridgehead atoms. The van der Waals surface area contributed by atoms with Crippen molar-refractivity contribution in [2.24, 2.45) is 5.92 Å². The Bertz CT molecular complexity index is 652. The highest BCUT2D eigenvalue weighted by atomic mass is 15.2. The molecule has 2 aliphatic rings. The number of nitrogens with two attached hydrogens (primary N) is 1. The summed E-state index contributed by atoms with van der Waals surface area (Å²) in [6, 6.07) is 8.87. The predicted molar refractivity (Wildman–Crippen MR) is 86.3 cm³/mol. The minimum absolute atomic E-state index is 0.390. The summed E-state index contributed by atoms with van der Waals surface area (Å²) in [5, 5.41) is 1.14. The predicted octanol–water partition coefficient (Wildman–Crippen LogP) is 3.37. The maximum atomic E-state index is 5.95. The second kappa shape index (κ2) is 5.17. The van der Waals surface area contributed by atoms with E-state index >= 15 is 0 Å². The molecule has 4 nitrogen and oxygen atoms in total. The molecule has 110 valence electrons. The van der Waals surface area contributed by atoms with Crippen LogP contribution in [-0.4, -0.2) is 22.6 Å². The van der Waals surface area contributed by atoms with Gasteiger partial charge in [-0.1, -0.05) is 25.0 Å². The van der Waals surface area contributed by atoms with E-state index in [0.717, 1.165) is 29.2 Å². The lowest BCUT2D eigenvalue weighted by molar-refractivity contribution is 0.243. The van der Waals surface area contributed by atoms with E-state index in [4.69, 9.17) is 5.73 Å². The van der Waals surface area contributed by atoms with E-state index in [9.17, 15) is 0 Å². The van der Waals surface area contributed by atoms with Gasteiger partial charge in [0.25, 0.3) is 0 Å². The molecule has 1 aromatic carbocycles. The van der Waals surface area contributed by atoms with Gasteiger partial charge in [0.05, 0.1) is 5.52 Å². The summed E-state index contributed by atoms with van der Waals surface area (Å²) in [5.41, 5.74) is 6.91. The summed E-state index contributed by atoms with van der Waals surface area (Å²) in [5.74, 6) is 2.28. The van der Waals surface area contributed by atoms with Crippen LogP contribution in [0.25, 0.3) is 10.9 Å². The molecule has 0 radical (unpaired) electrons. The van der Waals surface area contributed by atoms with Crippen molar-refractivity contribution in [3.63, 3.8) is 0 Å². The fourth-order valence-electron chi connectivity index (χ4n) is 4.18. The smallest absolute Gasteiger partial charge is 0.222 e. The van der Waals surface area contributed by atoms with Gasteiger partial charge in [0.2, 0.25) is 5.95 Å². The van der Waals surface area contributed by atoms with Crippen LogP contribution >= 0.6 is 0 Å². The van der Waals surface area contributed by atoms with E-state index in [2.05, 4.69) is 27.0 Å². The third-order valence-corrected chi connectivity index (χ3v) is 5.12. The molecular weight excluding hydrogens is 260 g/mol. The lowest BCUT2D eigenvalue weighted by Gasteiger charge is -2.45. The van der Waals surface area contributed by atoms with Crippen LogP contribution in [0.5, 0.6) is 0 Å². The average molecular weight is 282 g/mol. The Balaban J connectivity index is 1.81. The summed E-state index contributed by atoms with van der Waals surface area (Å²) in [6.45, 7) is 1.10. The summed E-state index contributed by atoms with van der Waals surface area (Å²) in [6.07, 6.45) is 8.04. The fraction of sp³-hybridized carbons (Fsp3) is 0.529. The highest BCUT2D eigenvalue weighted by Crippen LogP contribution is 2.39. The van der Waals surface area contributed by atoms with Crippen molar-refractivity contribution in [2.45, 2.75) is 44.6 Å². The van der Waals surface area contributed by atoms with Gasteiger partial charge >= 0.3 is 0 Å². The first-order chi connectivity index (χ1) is 10.3. The van der Waals surface area contributed by atoms with Crippen molar-refractivity contribution in [1.82, 2.24) is 9.97 Å². The zero-order valence-electron chi connectivity index (χ0n) is 12.3. The number of piperidine rings is 1. The normalized spacial score (nSPS) is 25.8. The Morgan fingerprint density at radius 1 is 1.00 bits per heavy atom. The molecule has 2 unspecified atom stereocenters. The van der Waals surface area contributed by atoms with Crippen molar-refractivity contribution in [3.05, 3.63) is 24.3 Å². The first-order valence-electron chi connectivity index (χ1n) is 8.12. The Labute approximate surface area is 125 Å². The van der Waals surface area contributed by atoms with E-state index in [1.165, 1.54) is 38.5 Å². The van der Waals surface area contributed by atoms with Crippen molar-refractivity contribution in [1.29, 1.82) is 0 Å². The zero-order chi connectivity index (χ0) is 14.2. The van der Waals surface area contributed by atoms with Crippen LogP contribution in [0.15, 0.2) is 24.3 Å². The second-order valence-electron chi connectivity index (χ2n) is 6.37. The Hall–Kier alpha value is -1.84. The standard InChI is InChI=1S/C17H22N4/c18-17-19-14-9-3-2-8-13(14)16(20-17)21-11-5-7-12-6-1-4-10-15(12)21/h2-3,8-9,12,15H,1,4-7,10-11H2,(H2,18,19,20). The summed E-state index contributed by atoms with van der Waals surface area (Å²) < 4.78 is 0. The quantitative estimate of drug-likeness (QED) is 0.871. The molecule has 2 fully saturated rings. The van der Waals surface area contributed by atoms with Crippen LogP contribution in [0, 0.1) is 5.92 Å². The van der Waals surface area contributed by atoms with Gasteiger partial charge in [0.1, 0.15) is 5.82 Å². The number of benzene rings is 1. The van der Waals surface area contributed by atoms with Crippen LogP contribution in [-0.2, 0) is 0 Å². The van der Waals surface area contributed by atoms with Crippen LogP contribution < -0.4 is 10.6 Å². The molecule has 21 heavy (non-hydrogen) atoms. The van der Waals surface area contributed by atoms with Crippen molar-refractivity contribution < 1.29 is 0 Å². The number of para-hydroxylation sites is 1. The molecule has 2 heterocycles. The molecule has 1 aromatic heterocycles. The van der Waals surface area contributed by atoms with Gasteiger partial charge in [-0.15, -0.1) is 0 Å². The van der Waals surface area contributed by atoms with Gasteiger partial charge in [-0.05, 0) is 43.7 Å². The van der Waals surface area contributed by atoms with Gasteiger partial charge < -0.3 is 10.6 Å². The molecule has 0 amide bonds. The molecule has 1 saturated carbocycles. The molecule has 4 rings (SSSR count). The minimum atomic E-state index is 0.390. The Morgan fingerprint density at radius 2 is 1.81 bits per heavy atom. The van der Waals surface area contributed by atoms with Crippen LogP contribution in [0.1, 0.15) is 38.5 Å². The second-order valence-corrected chi connectivity index (χ2v) is 6.37. The van der Waals surface area contributed by atoms with E-state index in [0.29, 0.717) is 12.0 Å². The third kappa shape index (κ3) is 2.23. The van der Waals surface area contributed by atoms with Crippen LogP contribution in [0.3, 0.4) is 0 Å². The summed E-state index contributed by atoms with van der Waals surface area (Å²) in [7, 11) is 0. The first-order valence-corrected chi connectivity index (χ1v) is 8.12. The number of hydrogen-bond donors (Lipinski definition) is 1. The summed E-state index contributed by atoms with van der Waals surface area (Å²) >= 11 is 0. The first kappa shape index (κ1) is 12.9. The number of anilines is 2. The molecule has 1 aliphatic carbocycles. The largest absolute Gasteiger partial charge is 0.368 e. The number of hydrogen-bond acceptors (Lipinski definition) is 4. The van der Waals surface area contributed by atoms with Crippen LogP contribution in [0.4, 0.5) is 11.8 Å². The molecule has 2 N–H and O–H groups in total. The molecule has 1 saturated heterocycles. The molecule has 4 heteroatoms. The Morgan fingerprint density at radius 3 is 2.76 bits per heavy atom. The summed E-state index contributed by atoms with van der Waals surface area (Å²) in [4.78, 5) is 11.5.